The smallest absolute Gasteiger partial charge is 0.407 e. The lowest BCUT2D eigenvalue weighted by atomic mass is 9.98. The molecule has 1 aliphatic rings. The summed E-state index contributed by atoms with van der Waals surface area (Å²) in [5, 5.41) is 12.9. The van der Waals surface area contributed by atoms with Crippen molar-refractivity contribution in [2.24, 2.45) is 0 Å². The summed E-state index contributed by atoms with van der Waals surface area (Å²) in [6.45, 7) is 7.22. The highest BCUT2D eigenvalue weighted by Gasteiger charge is 2.28. The van der Waals surface area contributed by atoms with Crippen LogP contribution in [0.25, 0.3) is 0 Å². The zero-order valence-corrected chi connectivity index (χ0v) is 16.5. The van der Waals surface area contributed by atoms with Gasteiger partial charge >= 0.3 is 6.09 Å². The van der Waals surface area contributed by atoms with E-state index in [0.717, 1.165) is 12.0 Å². The molecule has 0 radical (unpaired) electrons. The van der Waals surface area contributed by atoms with Gasteiger partial charge in [0, 0.05) is 6.42 Å². The van der Waals surface area contributed by atoms with Crippen LogP contribution in [-0.4, -0.2) is 34.7 Å². The topological polar surface area (TPSA) is 75.6 Å². The Labute approximate surface area is 157 Å². The summed E-state index contributed by atoms with van der Waals surface area (Å²) >= 11 is 0. The van der Waals surface area contributed by atoms with Gasteiger partial charge in [-0.1, -0.05) is 62.9 Å². The van der Waals surface area contributed by atoms with E-state index in [4.69, 9.17) is 4.74 Å². The van der Waals surface area contributed by atoms with Gasteiger partial charge in [0.1, 0.15) is 11.7 Å². The third-order valence-corrected chi connectivity index (χ3v) is 3.59. The number of hydrogen-bond acceptors (Lipinski definition) is 4. The summed E-state index contributed by atoms with van der Waals surface area (Å²) in [6.07, 6.45) is 4.00. The first-order chi connectivity index (χ1) is 12.2. The summed E-state index contributed by atoms with van der Waals surface area (Å²) in [4.78, 5) is 24.1. The second-order valence-electron chi connectivity index (χ2n) is 7.68. The highest BCUT2D eigenvalue weighted by atomic mass is 16.6. The van der Waals surface area contributed by atoms with Crippen molar-refractivity contribution in [2.45, 2.75) is 84.0 Å². The maximum Gasteiger partial charge on any atom is 0.407 e. The van der Waals surface area contributed by atoms with E-state index < -0.39 is 23.8 Å². The number of alkyl carbamates (subject to hydrolysis) is 1. The molecule has 1 aromatic carbocycles. The van der Waals surface area contributed by atoms with Crippen molar-refractivity contribution in [1.82, 2.24) is 5.32 Å². The Hall–Kier alpha value is -1.88. The molecule has 0 heterocycles. The normalized spacial score (nSPS) is 15.1. The molecule has 0 aromatic heterocycles. The summed E-state index contributed by atoms with van der Waals surface area (Å²) < 4.78 is 5.19. The molecule has 146 valence electrons. The highest BCUT2D eigenvalue weighted by Crippen LogP contribution is 2.15. The molecule has 0 spiro atoms. The number of carbonyl (C=O) groups excluding carboxylic acids is 2. The summed E-state index contributed by atoms with van der Waals surface area (Å²) in [5.41, 5.74) is 0.212. The van der Waals surface area contributed by atoms with Crippen molar-refractivity contribution in [1.29, 1.82) is 0 Å². The zero-order valence-electron chi connectivity index (χ0n) is 16.5. The molecule has 0 aliphatic heterocycles. The second-order valence-corrected chi connectivity index (χ2v) is 7.68. The Morgan fingerprint density at radius 1 is 1.15 bits per heavy atom. The van der Waals surface area contributed by atoms with E-state index >= 15 is 0 Å². The van der Waals surface area contributed by atoms with Crippen LogP contribution in [0.3, 0.4) is 0 Å². The Morgan fingerprint density at radius 3 is 2.19 bits per heavy atom. The molecule has 0 bridgehead atoms. The number of hydrogen-bond donors (Lipinski definition) is 2. The number of ketones is 1. The van der Waals surface area contributed by atoms with Crippen LogP contribution in [0.4, 0.5) is 4.79 Å². The second kappa shape index (κ2) is 11.0. The minimum absolute atomic E-state index is 0.137. The Morgan fingerprint density at radius 2 is 1.73 bits per heavy atom. The van der Waals surface area contributed by atoms with Gasteiger partial charge < -0.3 is 15.2 Å². The lowest BCUT2D eigenvalue weighted by molar-refractivity contribution is -0.127. The lowest BCUT2D eigenvalue weighted by Gasteiger charge is -2.26. The van der Waals surface area contributed by atoms with Crippen molar-refractivity contribution in [3.8, 4) is 0 Å². The first-order valence-corrected chi connectivity index (χ1v) is 9.47. The number of carbonyl (C=O) groups is 2. The average Bonchev–Trinajstić information content (AvgIpc) is 3.41. The van der Waals surface area contributed by atoms with E-state index in [9.17, 15) is 14.7 Å². The molecule has 5 nitrogen and oxygen atoms in total. The fraction of sp³-hybridized carbons (Fsp3) is 0.619. The lowest BCUT2D eigenvalue weighted by Crippen LogP contribution is -2.48. The Balaban J connectivity index is 0.00000101. The summed E-state index contributed by atoms with van der Waals surface area (Å²) in [5.74, 6) is -0.314. The molecule has 1 fully saturated rings. The van der Waals surface area contributed by atoms with Crippen molar-refractivity contribution in [3.63, 3.8) is 0 Å². The maximum atomic E-state index is 12.3. The Kier molecular flexibility index (Phi) is 9.35. The molecule has 2 N–H and O–H groups in total. The number of benzene rings is 1. The van der Waals surface area contributed by atoms with E-state index in [2.05, 4.69) is 5.32 Å². The van der Waals surface area contributed by atoms with Crippen molar-refractivity contribution >= 4 is 11.9 Å². The molecule has 1 aromatic rings. The van der Waals surface area contributed by atoms with Gasteiger partial charge in [0.25, 0.3) is 0 Å². The molecular formula is C21H33NO4. The van der Waals surface area contributed by atoms with Crippen LogP contribution >= 0.6 is 0 Å². The number of nitrogens with one attached hydrogen (secondary N) is 1. The van der Waals surface area contributed by atoms with Gasteiger partial charge in [-0.3, -0.25) is 4.79 Å². The highest BCUT2D eigenvalue weighted by molar-refractivity contribution is 5.86. The first kappa shape index (κ1) is 22.2. The van der Waals surface area contributed by atoms with E-state index in [1.54, 1.807) is 20.8 Å². The monoisotopic (exact) mass is 363 g/mol. The van der Waals surface area contributed by atoms with Gasteiger partial charge in [0.2, 0.25) is 0 Å². The van der Waals surface area contributed by atoms with Crippen LogP contribution in [0.5, 0.6) is 0 Å². The number of Topliss-reactive ketones (excluding diaryl/α,β-unsaturated/α-hetero) is 1. The number of ether oxygens (including phenoxy) is 1. The quantitative estimate of drug-likeness (QED) is 0.767. The standard InChI is InChI=1S/C18H27NO4.C3H6/c1-5-9-14(19-17(22)23-18(2,3)4)16(21)15(20)12-13-10-7-6-8-11-13;1-2-3-1/h6-8,10-11,14,16,21H,5,9,12H2,1-4H3,(H,19,22);1-3H2/t14-,16?;/m0./s1. The van der Waals surface area contributed by atoms with Gasteiger partial charge in [-0.05, 0) is 32.8 Å². The molecule has 5 heteroatoms. The predicted molar refractivity (Wildman–Crippen MR) is 103 cm³/mol. The van der Waals surface area contributed by atoms with Crippen LogP contribution < -0.4 is 5.32 Å². The molecule has 2 rings (SSSR count). The van der Waals surface area contributed by atoms with Gasteiger partial charge in [0.05, 0.1) is 6.04 Å². The van der Waals surface area contributed by atoms with Gasteiger partial charge in [-0.2, -0.15) is 0 Å². The molecule has 1 aliphatic carbocycles. The third kappa shape index (κ3) is 10.2. The fourth-order valence-electron chi connectivity index (χ4n) is 2.20. The number of amides is 1. The van der Waals surface area contributed by atoms with E-state index in [1.807, 2.05) is 37.3 Å². The van der Waals surface area contributed by atoms with Crippen LogP contribution in [0.1, 0.15) is 65.4 Å². The molecule has 1 saturated carbocycles. The Bertz CT molecular complexity index is 546. The third-order valence-electron chi connectivity index (χ3n) is 3.59. The van der Waals surface area contributed by atoms with Crippen molar-refractivity contribution < 1.29 is 19.4 Å². The SMILES string of the molecule is C1CC1.CCC[C@H](NC(=O)OC(C)(C)C)C(O)C(=O)Cc1ccccc1. The molecule has 2 atom stereocenters. The fourth-order valence-corrected chi connectivity index (χ4v) is 2.20. The summed E-state index contributed by atoms with van der Waals surface area (Å²) in [6, 6.07) is 8.58. The first-order valence-electron chi connectivity index (χ1n) is 9.47. The maximum absolute atomic E-state index is 12.3. The number of aliphatic hydroxyl groups is 1. The van der Waals surface area contributed by atoms with E-state index in [-0.39, 0.29) is 12.2 Å². The molecule has 1 amide bonds. The van der Waals surface area contributed by atoms with Crippen LogP contribution in [-0.2, 0) is 16.0 Å². The van der Waals surface area contributed by atoms with Crippen LogP contribution in [0, 0.1) is 0 Å². The van der Waals surface area contributed by atoms with E-state index in [1.165, 1.54) is 19.3 Å². The average molecular weight is 363 g/mol. The van der Waals surface area contributed by atoms with Crippen LogP contribution in [0.15, 0.2) is 30.3 Å². The van der Waals surface area contributed by atoms with Crippen molar-refractivity contribution in [3.05, 3.63) is 35.9 Å². The van der Waals surface area contributed by atoms with Gasteiger partial charge in [-0.25, -0.2) is 4.79 Å². The molecule has 26 heavy (non-hydrogen) atoms. The van der Waals surface area contributed by atoms with Gasteiger partial charge in [-0.15, -0.1) is 0 Å². The predicted octanol–water partition coefficient (Wildman–Crippen LogP) is 4.02. The van der Waals surface area contributed by atoms with E-state index in [0.29, 0.717) is 6.42 Å². The largest absolute Gasteiger partial charge is 0.444 e. The molecule has 1 unspecified atom stereocenters. The molecule has 0 saturated heterocycles. The number of rotatable bonds is 7. The molecular weight excluding hydrogens is 330 g/mol. The number of aliphatic hydroxyl groups excluding tert-OH is 1. The van der Waals surface area contributed by atoms with Gasteiger partial charge in [0.15, 0.2) is 5.78 Å². The minimum Gasteiger partial charge on any atom is -0.444 e. The summed E-state index contributed by atoms with van der Waals surface area (Å²) in [7, 11) is 0. The van der Waals surface area contributed by atoms with Crippen molar-refractivity contribution in [2.75, 3.05) is 0 Å². The zero-order chi connectivity index (χ0) is 19.6. The minimum atomic E-state index is -1.25. The van der Waals surface area contributed by atoms with Crippen LogP contribution in [0.2, 0.25) is 0 Å².